The fraction of sp³-hybridized carbons (Fsp3) is 0. The van der Waals surface area contributed by atoms with Gasteiger partial charge in [0.25, 0.3) is 0 Å². The van der Waals surface area contributed by atoms with Crippen molar-refractivity contribution in [3.63, 3.8) is 0 Å². The van der Waals surface area contributed by atoms with E-state index >= 15 is 0 Å². The molecule has 1 aliphatic rings. The molecule has 0 saturated heterocycles. The smallest absolute Gasteiger partial charge is 0.0812 e. The molecule has 0 spiro atoms. The molecular weight excluding hydrogens is 331 g/mol. The van der Waals surface area contributed by atoms with Crippen LogP contribution in [-0.4, -0.2) is 7.85 Å². The average molecular weight is 341 g/mol. The van der Waals surface area contributed by atoms with Crippen LogP contribution in [0.5, 0.6) is 0 Å². The zero-order chi connectivity index (χ0) is 14.8. The second-order valence-corrected chi connectivity index (χ2v) is 6.67. The van der Waals surface area contributed by atoms with Gasteiger partial charge in [-0.1, -0.05) is 69.9 Å². The van der Waals surface area contributed by atoms with Crippen molar-refractivity contribution < 1.29 is 0 Å². The summed E-state index contributed by atoms with van der Waals surface area (Å²) in [5.74, 6) is 0. The van der Waals surface area contributed by atoms with E-state index in [9.17, 15) is 0 Å². The van der Waals surface area contributed by atoms with Gasteiger partial charge in [-0.25, -0.2) is 0 Å². The van der Waals surface area contributed by atoms with Crippen molar-refractivity contribution in [3.05, 3.63) is 65.1 Å². The van der Waals surface area contributed by atoms with Crippen LogP contribution in [0.4, 0.5) is 0 Å². The van der Waals surface area contributed by atoms with E-state index in [-0.39, 0.29) is 0 Å². The van der Waals surface area contributed by atoms with Gasteiger partial charge in [0.05, 0.1) is 0 Å². The fourth-order valence-electron chi connectivity index (χ4n) is 3.72. The van der Waals surface area contributed by atoms with Crippen LogP contribution in [0.2, 0.25) is 0 Å². The maximum absolute atomic E-state index is 6.48. The largest absolute Gasteiger partial charge is 0.115 e. The molecule has 0 fully saturated rings. The summed E-state index contributed by atoms with van der Waals surface area (Å²) in [6, 6.07) is 21.4. The molecule has 0 amide bonds. The van der Waals surface area contributed by atoms with Crippen LogP contribution >= 0.6 is 15.9 Å². The molecule has 4 aromatic rings. The number of benzene rings is 4. The van der Waals surface area contributed by atoms with E-state index < -0.39 is 0 Å². The Kier molecular flexibility index (Phi) is 2.40. The number of hydrogen-bond donors (Lipinski definition) is 0. The maximum Gasteiger partial charge on any atom is 0.115 e. The van der Waals surface area contributed by atoms with E-state index in [0.717, 1.165) is 20.7 Å². The van der Waals surface area contributed by atoms with Gasteiger partial charge in [0.1, 0.15) is 7.85 Å². The molecule has 0 bridgehead atoms. The van der Waals surface area contributed by atoms with E-state index in [4.69, 9.17) is 7.85 Å². The van der Waals surface area contributed by atoms with Crippen LogP contribution in [0, 0.1) is 0 Å². The lowest BCUT2D eigenvalue weighted by atomic mass is 9.82. The Labute approximate surface area is 138 Å². The first-order chi connectivity index (χ1) is 10.8. The average Bonchev–Trinajstić information content (AvgIpc) is 2.87. The van der Waals surface area contributed by atoms with Gasteiger partial charge in [-0.3, -0.25) is 0 Å². The van der Waals surface area contributed by atoms with Crippen molar-refractivity contribution >= 4 is 50.8 Å². The monoisotopic (exact) mass is 340 g/mol. The zero-order valence-electron chi connectivity index (χ0n) is 11.7. The molecule has 0 unspecified atom stereocenters. The molecule has 0 N–H and O–H groups in total. The molecule has 100 valence electrons. The van der Waals surface area contributed by atoms with Crippen LogP contribution in [0.25, 0.3) is 43.8 Å². The summed E-state index contributed by atoms with van der Waals surface area (Å²) < 4.78 is 1.10. The van der Waals surface area contributed by atoms with E-state index in [1.807, 2.05) is 0 Å². The van der Waals surface area contributed by atoms with Crippen molar-refractivity contribution in [1.29, 1.82) is 0 Å². The first-order valence-electron chi connectivity index (χ1n) is 7.29. The Balaban J connectivity index is 2.14. The molecule has 4 aromatic carbocycles. The normalized spacial score (nSPS) is 12.0. The minimum absolute atomic E-state index is 0.878. The molecule has 5 rings (SSSR count). The third kappa shape index (κ3) is 1.43. The van der Waals surface area contributed by atoms with Gasteiger partial charge in [-0.05, 0) is 55.9 Å². The summed E-state index contributed by atoms with van der Waals surface area (Å²) in [4.78, 5) is 0. The Morgan fingerprint density at radius 1 is 0.682 bits per heavy atom. The highest BCUT2D eigenvalue weighted by atomic mass is 79.9. The van der Waals surface area contributed by atoms with E-state index in [1.165, 1.54) is 33.0 Å². The molecule has 0 aromatic heterocycles. The van der Waals surface area contributed by atoms with Crippen molar-refractivity contribution in [2.45, 2.75) is 0 Å². The van der Waals surface area contributed by atoms with Gasteiger partial charge in [0, 0.05) is 4.47 Å². The molecule has 1 aliphatic carbocycles. The minimum atomic E-state index is 0.878. The van der Waals surface area contributed by atoms with Crippen LogP contribution in [0.15, 0.2) is 65.1 Å². The number of hydrogen-bond acceptors (Lipinski definition) is 0. The fourth-order valence-corrected chi connectivity index (χ4v) is 4.08. The van der Waals surface area contributed by atoms with Gasteiger partial charge in [0.15, 0.2) is 0 Å². The Bertz CT molecular complexity index is 1100. The van der Waals surface area contributed by atoms with Gasteiger partial charge in [0.2, 0.25) is 0 Å². The second kappa shape index (κ2) is 4.24. The Hall–Kier alpha value is -2.06. The predicted molar refractivity (Wildman–Crippen MR) is 99.0 cm³/mol. The highest BCUT2D eigenvalue weighted by Gasteiger charge is 2.24. The maximum atomic E-state index is 6.48. The lowest BCUT2D eigenvalue weighted by Crippen LogP contribution is -2.06. The lowest BCUT2D eigenvalue weighted by molar-refractivity contribution is 1.65. The summed E-state index contributed by atoms with van der Waals surface area (Å²) in [6.07, 6.45) is 0. The van der Waals surface area contributed by atoms with E-state index in [1.54, 1.807) is 0 Å². The first-order valence-corrected chi connectivity index (χ1v) is 8.08. The summed E-state index contributed by atoms with van der Waals surface area (Å²) in [6.45, 7) is 0. The van der Waals surface area contributed by atoms with Crippen molar-refractivity contribution in [1.82, 2.24) is 0 Å². The van der Waals surface area contributed by atoms with Crippen molar-refractivity contribution in [3.8, 4) is 22.3 Å². The summed E-state index contributed by atoms with van der Waals surface area (Å²) in [5.41, 5.74) is 6.05. The zero-order valence-corrected chi connectivity index (χ0v) is 13.3. The highest BCUT2D eigenvalue weighted by Crippen LogP contribution is 2.50. The Morgan fingerprint density at radius 3 is 2.32 bits per heavy atom. The summed E-state index contributed by atoms with van der Waals surface area (Å²) >= 11 is 3.60. The van der Waals surface area contributed by atoms with Crippen LogP contribution in [0.3, 0.4) is 0 Å². The van der Waals surface area contributed by atoms with Crippen molar-refractivity contribution in [2.75, 3.05) is 0 Å². The van der Waals surface area contributed by atoms with Crippen molar-refractivity contribution in [2.24, 2.45) is 0 Å². The molecule has 0 saturated carbocycles. The van der Waals surface area contributed by atoms with Gasteiger partial charge >= 0.3 is 0 Å². The van der Waals surface area contributed by atoms with Crippen LogP contribution in [-0.2, 0) is 0 Å². The van der Waals surface area contributed by atoms with Crippen LogP contribution < -0.4 is 5.46 Å². The molecule has 2 heteroatoms. The molecule has 0 nitrogen and oxygen atoms in total. The lowest BCUT2D eigenvalue weighted by Gasteiger charge is -2.12. The summed E-state index contributed by atoms with van der Waals surface area (Å²) in [5, 5.41) is 4.81. The predicted octanol–water partition coefficient (Wildman–Crippen LogP) is 5.20. The molecule has 0 aliphatic heterocycles. The van der Waals surface area contributed by atoms with Gasteiger partial charge in [-0.2, -0.15) is 0 Å². The second-order valence-electron chi connectivity index (χ2n) is 5.75. The highest BCUT2D eigenvalue weighted by molar-refractivity contribution is 9.10. The molecular formula is C20H10BBr. The molecule has 22 heavy (non-hydrogen) atoms. The van der Waals surface area contributed by atoms with E-state index in [0.29, 0.717) is 0 Å². The topological polar surface area (TPSA) is 0 Å². The molecule has 0 atom stereocenters. The third-order valence-electron chi connectivity index (χ3n) is 4.63. The number of rotatable bonds is 0. The van der Waals surface area contributed by atoms with Gasteiger partial charge in [-0.15, -0.1) is 0 Å². The standard InChI is InChI=1S/C20H10BBr/c21-20-15-5-2-1-4-12(15)18-14-9-8-11(22)10-17(14)13-6-3-7-16(20)19(13)18/h1-10H. The quantitative estimate of drug-likeness (QED) is 0.268. The number of halogens is 1. The third-order valence-corrected chi connectivity index (χ3v) is 5.13. The summed E-state index contributed by atoms with van der Waals surface area (Å²) in [7, 11) is 6.48. The Morgan fingerprint density at radius 2 is 1.45 bits per heavy atom. The minimum Gasteiger partial charge on any atom is -0.0812 e. The molecule has 2 radical (unpaired) electrons. The van der Waals surface area contributed by atoms with Gasteiger partial charge < -0.3 is 0 Å². The number of fused-ring (bicyclic) bond motifs is 5. The first kappa shape index (κ1) is 12.5. The molecule has 0 heterocycles. The van der Waals surface area contributed by atoms with E-state index in [2.05, 4.69) is 76.6 Å². The SMILES string of the molecule is [B]c1c2ccccc2c2c3c(cccc13)-c1cc(Br)ccc1-2. The van der Waals surface area contributed by atoms with Crippen LogP contribution in [0.1, 0.15) is 0 Å².